The lowest BCUT2D eigenvalue weighted by molar-refractivity contribution is -0.152. The van der Waals surface area contributed by atoms with Gasteiger partial charge < -0.3 is 14.8 Å². The van der Waals surface area contributed by atoms with Crippen LogP contribution in [0.2, 0.25) is 0 Å². The van der Waals surface area contributed by atoms with Crippen molar-refractivity contribution in [3.63, 3.8) is 0 Å². The van der Waals surface area contributed by atoms with Gasteiger partial charge in [0.1, 0.15) is 5.54 Å². The number of carbonyl (C=O) groups is 1. The van der Waals surface area contributed by atoms with Crippen LogP contribution < -0.4 is 5.32 Å². The Morgan fingerprint density at radius 1 is 1.56 bits per heavy atom. The Morgan fingerprint density at radius 3 is 3.11 bits per heavy atom. The number of rotatable bonds is 6. The van der Waals surface area contributed by atoms with E-state index in [-0.39, 0.29) is 5.97 Å². The monoisotopic (exact) mass is 256 g/mol. The van der Waals surface area contributed by atoms with Crippen LogP contribution in [0.1, 0.15) is 26.2 Å². The van der Waals surface area contributed by atoms with E-state index >= 15 is 0 Å². The molecule has 1 N–H and O–H groups in total. The van der Waals surface area contributed by atoms with Crippen molar-refractivity contribution in [2.24, 2.45) is 5.11 Å². The predicted octanol–water partition coefficient (Wildman–Crippen LogP) is 1.39. The third-order valence-corrected chi connectivity index (χ3v) is 2.97. The van der Waals surface area contributed by atoms with Crippen LogP contribution in [0.3, 0.4) is 0 Å². The number of azide groups is 1. The molecule has 102 valence electrons. The van der Waals surface area contributed by atoms with Gasteiger partial charge in [-0.25, -0.2) is 0 Å². The molecule has 0 amide bonds. The van der Waals surface area contributed by atoms with Crippen LogP contribution in [0.5, 0.6) is 0 Å². The molecule has 1 heterocycles. The Kier molecular flexibility index (Phi) is 6.49. The van der Waals surface area contributed by atoms with Crippen LogP contribution in [0.4, 0.5) is 0 Å². The third-order valence-electron chi connectivity index (χ3n) is 2.97. The molecular formula is C11H20N4O3. The van der Waals surface area contributed by atoms with Crippen LogP contribution in [-0.2, 0) is 14.3 Å². The molecule has 1 saturated heterocycles. The molecule has 7 heteroatoms. The molecule has 1 unspecified atom stereocenters. The molecule has 0 aliphatic carbocycles. The van der Waals surface area contributed by atoms with E-state index in [0.717, 1.165) is 6.42 Å². The van der Waals surface area contributed by atoms with Crippen molar-refractivity contribution in [1.29, 1.82) is 0 Å². The number of esters is 1. The Hall–Kier alpha value is -1.30. The number of nitrogens with zero attached hydrogens (tertiary/aromatic N) is 3. The molecule has 0 aromatic heterocycles. The molecule has 1 rings (SSSR count). The number of hydrogen-bond acceptors (Lipinski definition) is 5. The topological polar surface area (TPSA) is 96.3 Å². The zero-order valence-electron chi connectivity index (χ0n) is 10.7. The Bertz CT molecular complexity index is 307. The van der Waals surface area contributed by atoms with Crippen molar-refractivity contribution >= 4 is 5.97 Å². The quantitative estimate of drug-likeness (QED) is 0.255. The second-order valence-corrected chi connectivity index (χ2v) is 4.15. The fraction of sp³-hybridized carbons (Fsp3) is 0.909. The first-order chi connectivity index (χ1) is 8.75. The first kappa shape index (κ1) is 14.8. The van der Waals surface area contributed by atoms with Gasteiger partial charge in [0.2, 0.25) is 0 Å². The molecule has 0 saturated carbocycles. The molecule has 1 aliphatic heterocycles. The fourth-order valence-corrected chi connectivity index (χ4v) is 2.06. The zero-order chi connectivity index (χ0) is 13.3. The standard InChI is InChI=1S/C11H20N4O3/c1-2-18-10(16)11(13-6-7-14-15-12)4-3-8-17-9-5-11/h13H,2-9H2,1H3. The molecule has 0 bridgehead atoms. The smallest absolute Gasteiger partial charge is 0.326 e. The summed E-state index contributed by atoms with van der Waals surface area (Å²) in [6, 6.07) is 0. The van der Waals surface area contributed by atoms with Gasteiger partial charge in [-0.3, -0.25) is 4.79 Å². The van der Waals surface area contributed by atoms with Crippen LogP contribution in [0.15, 0.2) is 5.11 Å². The second kappa shape index (κ2) is 7.92. The first-order valence-electron chi connectivity index (χ1n) is 6.26. The van der Waals surface area contributed by atoms with Crippen LogP contribution in [0.25, 0.3) is 10.4 Å². The van der Waals surface area contributed by atoms with E-state index in [1.807, 2.05) is 0 Å². The molecular weight excluding hydrogens is 236 g/mol. The van der Waals surface area contributed by atoms with Crippen LogP contribution in [-0.4, -0.2) is 44.4 Å². The van der Waals surface area contributed by atoms with Gasteiger partial charge in [0.25, 0.3) is 0 Å². The second-order valence-electron chi connectivity index (χ2n) is 4.15. The third kappa shape index (κ3) is 4.18. The maximum atomic E-state index is 12.1. The number of hydrogen-bond donors (Lipinski definition) is 1. The van der Waals surface area contributed by atoms with E-state index in [1.165, 1.54) is 0 Å². The van der Waals surface area contributed by atoms with Gasteiger partial charge in [0.05, 0.1) is 6.61 Å². The van der Waals surface area contributed by atoms with Gasteiger partial charge in [-0.05, 0) is 31.7 Å². The minimum Gasteiger partial charge on any atom is -0.465 e. The van der Waals surface area contributed by atoms with Crippen molar-refractivity contribution < 1.29 is 14.3 Å². The lowest BCUT2D eigenvalue weighted by Gasteiger charge is -2.30. The van der Waals surface area contributed by atoms with E-state index in [9.17, 15) is 4.79 Å². The molecule has 7 nitrogen and oxygen atoms in total. The summed E-state index contributed by atoms with van der Waals surface area (Å²) in [5.74, 6) is -0.239. The summed E-state index contributed by atoms with van der Waals surface area (Å²) >= 11 is 0. The number of nitrogens with one attached hydrogen (secondary N) is 1. The van der Waals surface area contributed by atoms with E-state index in [1.54, 1.807) is 6.92 Å². The summed E-state index contributed by atoms with van der Waals surface area (Å²) in [6.45, 7) is 4.13. The van der Waals surface area contributed by atoms with Crippen molar-refractivity contribution in [1.82, 2.24) is 5.32 Å². The molecule has 0 radical (unpaired) electrons. The maximum Gasteiger partial charge on any atom is 0.326 e. The Labute approximate surface area is 106 Å². The molecule has 1 aliphatic rings. The molecule has 1 atom stereocenters. The first-order valence-corrected chi connectivity index (χ1v) is 6.26. The summed E-state index contributed by atoms with van der Waals surface area (Å²) in [5.41, 5.74) is 7.53. The zero-order valence-corrected chi connectivity index (χ0v) is 10.7. The number of ether oxygens (including phenoxy) is 2. The van der Waals surface area contributed by atoms with Crippen LogP contribution >= 0.6 is 0 Å². The van der Waals surface area contributed by atoms with E-state index in [2.05, 4.69) is 15.3 Å². The van der Waals surface area contributed by atoms with Gasteiger partial charge in [-0.2, -0.15) is 0 Å². The fourth-order valence-electron chi connectivity index (χ4n) is 2.06. The van der Waals surface area contributed by atoms with Gasteiger partial charge in [0.15, 0.2) is 0 Å². The molecule has 0 spiro atoms. The molecule has 0 aromatic carbocycles. The van der Waals surface area contributed by atoms with Crippen molar-refractivity contribution in [2.75, 3.05) is 32.9 Å². The normalized spacial score (nSPS) is 23.8. The van der Waals surface area contributed by atoms with Crippen molar-refractivity contribution in [2.45, 2.75) is 31.7 Å². The van der Waals surface area contributed by atoms with E-state index in [4.69, 9.17) is 15.0 Å². The molecule has 1 fully saturated rings. The van der Waals surface area contributed by atoms with Crippen molar-refractivity contribution in [3.8, 4) is 0 Å². The minimum atomic E-state index is -0.697. The van der Waals surface area contributed by atoms with E-state index in [0.29, 0.717) is 45.8 Å². The van der Waals surface area contributed by atoms with Crippen LogP contribution in [0, 0.1) is 0 Å². The summed E-state index contributed by atoms with van der Waals surface area (Å²) in [4.78, 5) is 14.8. The lowest BCUT2D eigenvalue weighted by atomic mass is 9.90. The average Bonchev–Trinajstić information content (AvgIpc) is 2.62. The maximum absolute atomic E-state index is 12.1. The average molecular weight is 256 g/mol. The number of carbonyl (C=O) groups excluding carboxylic acids is 1. The summed E-state index contributed by atoms with van der Waals surface area (Å²) < 4.78 is 10.5. The highest BCUT2D eigenvalue weighted by atomic mass is 16.5. The molecule has 18 heavy (non-hydrogen) atoms. The summed E-state index contributed by atoms with van der Waals surface area (Å²) in [6.07, 6.45) is 2.08. The lowest BCUT2D eigenvalue weighted by Crippen LogP contribution is -2.54. The summed E-state index contributed by atoms with van der Waals surface area (Å²) in [7, 11) is 0. The van der Waals surface area contributed by atoms with Gasteiger partial charge in [0, 0.05) is 31.2 Å². The Balaban J connectivity index is 2.65. The highest BCUT2D eigenvalue weighted by Crippen LogP contribution is 2.23. The van der Waals surface area contributed by atoms with E-state index < -0.39 is 5.54 Å². The summed E-state index contributed by atoms with van der Waals surface area (Å²) in [5, 5.41) is 6.63. The Morgan fingerprint density at radius 2 is 2.39 bits per heavy atom. The van der Waals surface area contributed by atoms with Gasteiger partial charge in [-0.1, -0.05) is 5.11 Å². The highest BCUT2D eigenvalue weighted by Gasteiger charge is 2.39. The molecule has 0 aromatic rings. The van der Waals surface area contributed by atoms with Crippen molar-refractivity contribution in [3.05, 3.63) is 10.4 Å². The van der Waals surface area contributed by atoms with Gasteiger partial charge >= 0.3 is 5.97 Å². The largest absolute Gasteiger partial charge is 0.465 e. The SMILES string of the molecule is CCOC(=O)C1(NCCN=[N+]=[N-])CCCOCC1. The minimum absolute atomic E-state index is 0.239. The highest BCUT2D eigenvalue weighted by molar-refractivity contribution is 5.81. The van der Waals surface area contributed by atoms with Gasteiger partial charge in [-0.15, -0.1) is 0 Å². The predicted molar refractivity (Wildman–Crippen MR) is 66.0 cm³/mol.